The summed E-state index contributed by atoms with van der Waals surface area (Å²) in [4.78, 5) is 15.7. The van der Waals surface area contributed by atoms with Crippen LogP contribution in [0.2, 0.25) is 0 Å². The van der Waals surface area contributed by atoms with Gasteiger partial charge < -0.3 is 4.74 Å². The topological polar surface area (TPSA) is 39.2 Å². The van der Waals surface area contributed by atoms with E-state index in [2.05, 4.69) is 18.8 Å². The van der Waals surface area contributed by atoms with Crippen LogP contribution in [0.1, 0.15) is 109 Å². The molecule has 1 unspecified atom stereocenters. The van der Waals surface area contributed by atoms with E-state index in [1.165, 1.54) is 70.6 Å². The van der Waals surface area contributed by atoms with E-state index in [1.54, 1.807) is 12.4 Å². The molecule has 0 saturated heterocycles. The number of esters is 1. The smallest absolute Gasteiger partial charge is 0.306 e. The standard InChI is InChI=1S/C24H41NO2/c1-3-4-11-15-22(2)16-12-9-7-5-6-8-10-13-18-24(26)27-21-23-17-14-19-25-20-23/h14,17,19-20,22H,3-13,15-16,18,21H2,1-2H3. The summed E-state index contributed by atoms with van der Waals surface area (Å²) >= 11 is 0. The number of hydrogen-bond donors (Lipinski definition) is 0. The minimum Gasteiger partial charge on any atom is -0.461 e. The average Bonchev–Trinajstić information content (AvgIpc) is 2.69. The van der Waals surface area contributed by atoms with E-state index in [4.69, 9.17) is 4.74 Å². The summed E-state index contributed by atoms with van der Waals surface area (Å²) in [6.07, 6.45) is 21.1. The van der Waals surface area contributed by atoms with Crippen molar-refractivity contribution in [3.63, 3.8) is 0 Å². The highest BCUT2D eigenvalue weighted by Crippen LogP contribution is 2.18. The van der Waals surface area contributed by atoms with Gasteiger partial charge in [-0.3, -0.25) is 9.78 Å². The van der Waals surface area contributed by atoms with Crippen LogP contribution in [-0.2, 0) is 16.1 Å². The zero-order valence-electron chi connectivity index (χ0n) is 17.8. The average molecular weight is 376 g/mol. The first-order valence-electron chi connectivity index (χ1n) is 11.3. The van der Waals surface area contributed by atoms with Crippen molar-refractivity contribution in [2.75, 3.05) is 0 Å². The Hall–Kier alpha value is -1.38. The first-order chi connectivity index (χ1) is 13.2. The highest BCUT2D eigenvalue weighted by Gasteiger charge is 2.04. The molecule has 3 heteroatoms. The minimum absolute atomic E-state index is 0.0908. The molecule has 0 N–H and O–H groups in total. The maximum Gasteiger partial charge on any atom is 0.306 e. The van der Waals surface area contributed by atoms with Crippen molar-refractivity contribution < 1.29 is 9.53 Å². The highest BCUT2D eigenvalue weighted by molar-refractivity contribution is 5.69. The first-order valence-corrected chi connectivity index (χ1v) is 11.3. The number of carbonyl (C=O) groups is 1. The summed E-state index contributed by atoms with van der Waals surface area (Å²) in [5, 5.41) is 0. The number of nitrogens with zero attached hydrogens (tertiary/aromatic N) is 1. The molecule has 0 aromatic carbocycles. The van der Waals surface area contributed by atoms with Crippen molar-refractivity contribution >= 4 is 5.97 Å². The number of unbranched alkanes of at least 4 members (excludes halogenated alkanes) is 9. The van der Waals surface area contributed by atoms with Crippen LogP contribution in [0.4, 0.5) is 0 Å². The summed E-state index contributed by atoms with van der Waals surface area (Å²) in [6, 6.07) is 3.78. The second-order valence-electron chi connectivity index (χ2n) is 7.99. The maximum absolute atomic E-state index is 11.7. The molecular weight excluding hydrogens is 334 g/mol. The van der Waals surface area contributed by atoms with Crippen LogP contribution in [0.25, 0.3) is 0 Å². The van der Waals surface area contributed by atoms with Crippen molar-refractivity contribution in [2.45, 2.75) is 110 Å². The lowest BCUT2D eigenvalue weighted by atomic mass is 9.96. The van der Waals surface area contributed by atoms with E-state index in [9.17, 15) is 4.79 Å². The van der Waals surface area contributed by atoms with Crippen LogP contribution >= 0.6 is 0 Å². The molecule has 1 aromatic rings. The van der Waals surface area contributed by atoms with Crippen LogP contribution in [-0.4, -0.2) is 11.0 Å². The van der Waals surface area contributed by atoms with Gasteiger partial charge in [0.15, 0.2) is 0 Å². The third kappa shape index (κ3) is 14.4. The molecular formula is C24H41NO2. The molecule has 1 heterocycles. The molecule has 1 aromatic heterocycles. The Balaban J connectivity index is 1.82. The second-order valence-corrected chi connectivity index (χ2v) is 7.99. The zero-order valence-corrected chi connectivity index (χ0v) is 17.8. The normalized spacial score (nSPS) is 12.1. The minimum atomic E-state index is -0.0908. The first kappa shape index (κ1) is 23.7. The molecule has 0 bridgehead atoms. The van der Waals surface area contributed by atoms with Gasteiger partial charge in [0, 0.05) is 24.4 Å². The van der Waals surface area contributed by atoms with Crippen molar-refractivity contribution in [2.24, 2.45) is 5.92 Å². The molecule has 0 amide bonds. The van der Waals surface area contributed by atoms with Crippen LogP contribution in [0, 0.1) is 5.92 Å². The SMILES string of the molecule is CCCCCC(C)CCCCCCCCCCC(=O)OCc1cccnc1. The largest absolute Gasteiger partial charge is 0.461 e. The molecule has 27 heavy (non-hydrogen) atoms. The van der Waals surface area contributed by atoms with Crippen molar-refractivity contribution in [1.29, 1.82) is 0 Å². The van der Waals surface area contributed by atoms with Crippen LogP contribution in [0.5, 0.6) is 0 Å². The Morgan fingerprint density at radius 1 is 0.963 bits per heavy atom. The molecule has 0 aliphatic heterocycles. The Morgan fingerprint density at radius 2 is 1.59 bits per heavy atom. The maximum atomic E-state index is 11.7. The molecule has 3 nitrogen and oxygen atoms in total. The number of hydrogen-bond acceptors (Lipinski definition) is 3. The van der Waals surface area contributed by atoms with Gasteiger partial charge in [-0.2, -0.15) is 0 Å². The van der Waals surface area contributed by atoms with Crippen molar-refractivity contribution in [3.05, 3.63) is 30.1 Å². The van der Waals surface area contributed by atoms with Gasteiger partial charge in [-0.25, -0.2) is 0 Å². The Labute approximate surface area is 167 Å². The molecule has 1 rings (SSSR count). The van der Waals surface area contributed by atoms with E-state index >= 15 is 0 Å². The molecule has 0 spiro atoms. The van der Waals surface area contributed by atoms with Gasteiger partial charge in [-0.05, 0) is 18.4 Å². The lowest BCUT2D eigenvalue weighted by Crippen LogP contribution is -2.04. The molecule has 0 aliphatic rings. The Bertz CT molecular complexity index is 461. The van der Waals surface area contributed by atoms with Gasteiger partial charge >= 0.3 is 5.97 Å². The number of aromatic nitrogens is 1. The Kier molecular flexibility index (Phi) is 14.7. The van der Waals surface area contributed by atoms with Crippen molar-refractivity contribution in [1.82, 2.24) is 4.98 Å². The second kappa shape index (κ2) is 16.8. The fourth-order valence-electron chi connectivity index (χ4n) is 3.43. The third-order valence-electron chi connectivity index (χ3n) is 5.25. The lowest BCUT2D eigenvalue weighted by molar-refractivity contribution is -0.145. The Morgan fingerprint density at radius 3 is 2.22 bits per heavy atom. The van der Waals surface area contributed by atoms with Gasteiger partial charge in [0.2, 0.25) is 0 Å². The molecule has 0 aliphatic carbocycles. The predicted octanol–water partition coefficient (Wildman–Crippen LogP) is 7.24. The van der Waals surface area contributed by atoms with Crippen LogP contribution in [0.15, 0.2) is 24.5 Å². The third-order valence-corrected chi connectivity index (χ3v) is 5.25. The fraction of sp³-hybridized carbons (Fsp3) is 0.750. The summed E-state index contributed by atoms with van der Waals surface area (Å²) in [6.45, 7) is 5.03. The molecule has 154 valence electrons. The summed E-state index contributed by atoms with van der Waals surface area (Å²) in [5.74, 6) is 0.821. The van der Waals surface area contributed by atoms with Crippen LogP contribution in [0.3, 0.4) is 0 Å². The van der Waals surface area contributed by atoms with E-state index in [-0.39, 0.29) is 5.97 Å². The quantitative estimate of drug-likeness (QED) is 0.213. The van der Waals surface area contributed by atoms with E-state index < -0.39 is 0 Å². The van der Waals surface area contributed by atoms with Crippen molar-refractivity contribution in [3.8, 4) is 0 Å². The number of pyridine rings is 1. The number of carbonyl (C=O) groups excluding carboxylic acids is 1. The van der Waals surface area contributed by atoms with Gasteiger partial charge in [0.25, 0.3) is 0 Å². The molecule has 1 atom stereocenters. The van der Waals surface area contributed by atoms with Gasteiger partial charge in [-0.1, -0.05) is 97.0 Å². The fourth-order valence-corrected chi connectivity index (χ4v) is 3.43. The highest BCUT2D eigenvalue weighted by atomic mass is 16.5. The van der Waals surface area contributed by atoms with E-state index in [0.717, 1.165) is 24.3 Å². The number of ether oxygens (including phenoxy) is 1. The van der Waals surface area contributed by atoms with Crippen LogP contribution < -0.4 is 0 Å². The summed E-state index contributed by atoms with van der Waals surface area (Å²) in [5.41, 5.74) is 0.946. The van der Waals surface area contributed by atoms with E-state index in [1.807, 2.05) is 12.1 Å². The summed E-state index contributed by atoms with van der Waals surface area (Å²) in [7, 11) is 0. The van der Waals surface area contributed by atoms with E-state index in [0.29, 0.717) is 13.0 Å². The van der Waals surface area contributed by atoms with Gasteiger partial charge in [0.05, 0.1) is 0 Å². The molecule has 0 fully saturated rings. The van der Waals surface area contributed by atoms with Gasteiger partial charge in [0.1, 0.15) is 6.61 Å². The number of rotatable bonds is 17. The van der Waals surface area contributed by atoms with Gasteiger partial charge in [-0.15, -0.1) is 0 Å². The lowest BCUT2D eigenvalue weighted by Gasteiger charge is -2.10. The molecule has 0 saturated carbocycles. The predicted molar refractivity (Wildman–Crippen MR) is 114 cm³/mol. The zero-order chi connectivity index (χ0) is 19.6. The summed E-state index contributed by atoms with van der Waals surface area (Å²) < 4.78 is 5.27. The molecule has 0 radical (unpaired) electrons. The monoisotopic (exact) mass is 375 g/mol.